The Kier molecular flexibility index (Phi) is 3.17. The van der Waals surface area contributed by atoms with Crippen molar-refractivity contribution in [2.45, 2.75) is 32.7 Å². The average molecular weight is 193 g/mol. The van der Waals surface area contributed by atoms with Crippen molar-refractivity contribution >= 4 is 5.91 Å². The summed E-state index contributed by atoms with van der Waals surface area (Å²) in [6, 6.07) is 0. The van der Waals surface area contributed by atoms with Crippen molar-refractivity contribution in [2.75, 3.05) is 0 Å². The van der Waals surface area contributed by atoms with Crippen molar-refractivity contribution in [3.05, 3.63) is 24.3 Å². The summed E-state index contributed by atoms with van der Waals surface area (Å²) in [5, 5.41) is 2.86. The third kappa shape index (κ3) is 3.98. The minimum atomic E-state index is -0.195. The Bertz CT molecular complexity index is 303. The minimum absolute atomic E-state index is 0.0296. The van der Waals surface area contributed by atoms with Gasteiger partial charge in [0.15, 0.2) is 0 Å². The van der Waals surface area contributed by atoms with Gasteiger partial charge in [-0.2, -0.15) is 0 Å². The van der Waals surface area contributed by atoms with Gasteiger partial charge < -0.3 is 5.32 Å². The highest BCUT2D eigenvalue weighted by atomic mass is 16.1. The van der Waals surface area contributed by atoms with Crippen LogP contribution in [-0.2, 0) is 11.2 Å². The lowest BCUT2D eigenvalue weighted by molar-refractivity contribution is -0.121. The maximum Gasteiger partial charge on any atom is 0.226 e. The van der Waals surface area contributed by atoms with Crippen molar-refractivity contribution in [1.82, 2.24) is 15.3 Å². The smallest absolute Gasteiger partial charge is 0.226 e. The van der Waals surface area contributed by atoms with E-state index in [0.717, 1.165) is 0 Å². The van der Waals surface area contributed by atoms with Crippen LogP contribution in [0.15, 0.2) is 18.6 Å². The molecule has 0 spiro atoms. The van der Waals surface area contributed by atoms with Gasteiger partial charge in [-0.05, 0) is 20.8 Å². The van der Waals surface area contributed by atoms with Crippen LogP contribution in [0.3, 0.4) is 0 Å². The van der Waals surface area contributed by atoms with E-state index in [-0.39, 0.29) is 17.9 Å². The number of hydrogen-bond donors (Lipinski definition) is 1. The number of nitrogens with one attached hydrogen (secondary N) is 1. The maximum absolute atomic E-state index is 11.4. The fourth-order valence-corrected chi connectivity index (χ4v) is 1.05. The van der Waals surface area contributed by atoms with Gasteiger partial charge in [0.2, 0.25) is 5.91 Å². The Morgan fingerprint density at radius 1 is 1.43 bits per heavy atom. The zero-order chi connectivity index (χ0) is 10.6. The summed E-state index contributed by atoms with van der Waals surface area (Å²) in [5.41, 5.74) is 0.494. The Labute approximate surface area is 83.8 Å². The monoisotopic (exact) mass is 193 g/mol. The first kappa shape index (κ1) is 10.6. The van der Waals surface area contributed by atoms with Crippen LogP contribution in [0.25, 0.3) is 0 Å². The molecule has 0 aliphatic heterocycles. The van der Waals surface area contributed by atoms with Crippen LogP contribution in [0.2, 0.25) is 0 Å². The van der Waals surface area contributed by atoms with E-state index in [2.05, 4.69) is 15.3 Å². The molecule has 0 saturated carbocycles. The van der Waals surface area contributed by atoms with Gasteiger partial charge in [-0.3, -0.25) is 14.8 Å². The number of rotatable bonds is 2. The summed E-state index contributed by atoms with van der Waals surface area (Å²) in [4.78, 5) is 19.4. The molecule has 1 N–H and O–H groups in total. The third-order valence-corrected chi connectivity index (χ3v) is 1.47. The quantitative estimate of drug-likeness (QED) is 0.760. The first-order chi connectivity index (χ1) is 6.47. The molecule has 0 bridgehead atoms. The molecular weight excluding hydrogens is 178 g/mol. The molecule has 1 amide bonds. The second-order valence-electron chi connectivity index (χ2n) is 4.17. The highest BCUT2D eigenvalue weighted by molar-refractivity contribution is 5.78. The van der Waals surface area contributed by atoms with Crippen LogP contribution >= 0.6 is 0 Å². The van der Waals surface area contributed by atoms with Gasteiger partial charge in [0.1, 0.15) is 0 Å². The molecule has 76 valence electrons. The highest BCUT2D eigenvalue weighted by Gasteiger charge is 2.14. The Hall–Kier alpha value is -1.45. The van der Waals surface area contributed by atoms with Crippen LogP contribution in [0, 0.1) is 0 Å². The molecule has 0 aliphatic rings. The lowest BCUT2D eigenvalue weighted by Crippen LogP contribution is -2.41. The van der Waals surface area contributed by atoms with Gasteiger partial charge in [0.05, 0.1) is 12.1 Å². The highest BCUT2D eigenvalue weighted by Crippen LogP contribution is 2.00. The lowest BCUT2D eigenvalue weighted by Gasteiger charge is -2.20. The van der Waals surface area contributed by atoms with E-state index < -0.39 is 0 Å². The molecule has 1 rings (SSSR count). The van der Waals surface area contributed by atoms with E-state index in [1.807, 2.05) is 20.8 Å². The van der Waals surface area contributed by atoms with Gasteiger partial charge in [-0.25, -0.2) is 0 Å². The summed E-state index contributed by atoms with van der Waals surface area (Å²) in [6.45, 7) is 5.84. The van der Waals surface area contributed by atoms with Crippen LogP contribution in [0.1, 0.15) is 26.5 Å². The summed E-state index contributed by atoms with van der Waals surface area (Å²) in [7, 11) is 0. The van der Waals surface area contributed by atoms with Crippen molar-refractivity contribution in [3.63, 3.8) is 0 Å². The van der Waals surface area contributed by atoms with Crippen LogP contribution in [-0.4, -0.2) is 21.4 Å². The number of carbonyl (C=O) groups is 1. The number of carbonyl (C=O) groups excluding carboxylic acids is 1. The molecule has 0 fully saturated rings. The first-order valence-electron chi connectivity index (χ1n) is 4.53. The molecule has 14 heavy (non-hydrogen) atoms. The molecule has 4 nitrogen and oxygen atoms in total. The van der Waals surface area contributed by atoms with Crippen LogP contribution < -0.4 is 5.32 Å². The third-order valence-electron chi connectivity index (χ3n) is 1.47. The van der Waals surface area contributed by atoms with E-state index >= 15 is 0 Å². The van der Waals surface area contributed by atoms with Gasteiger partial charge in [-0.1, -0.05) is 0 Å². The largest absolute Gasteiger partial charge is 0.351 e. The molecule has 0 atom stereocenters. The molecule has 0 aliphatic carbocycles. The Morgan fingerprint density at radius 2 is 2.14 bits per heavy atom. The Balaban J connectivity index is 2.50. The first-order valence-corrected chi connectivity index (χ1v) is 4.53. The molecule has 0 aromatic carbocycles. The molecule has 0 unspecified atom stereocenters. The Morgan fingerprint density at radius 3 is 2.64 bits per heavy atom. The summed E-state index contributed by atoms with van der Waals surface area (Å²) >= 11 is 0. The van der Waals surface area contributed by atoms with Crippen molar-refractivity contribution in [3.8, 4) is 0 Å². The zero-order valence-corrected chi connectivity index (χ0v) is 8.74. The average Bonchev–Trinajstić information content (AvgIpc) is 2.02. The second-order valence-corrected chi connectivity index (χ2v) is 4.17. The van der Waals surface area contributed by atoms with Crippen LogP contribution in [0.5, 0.6) is 0 Å². The van der Waals surface area contributed by atoms with Gasteiger partial charge in [0.25, 0.3) is 0 Å². The van der Waals surface area contributed by atoms with Gasteiger partial charge >= 0.3 is 0 Å². The van der Waals surface area contributed by atoms with E-state index in [9.17, 15) is 4.79 Å². The van der Waals surface area contributed by atoms with Gasteiger partial charge in [0, 0.05) is 24.1 Å². The molecule has 4 heteroatoms. The van der Waals surface area contributed by atoms with E-state index in [1.165, 1.54) is 0 Å². The molecule has 1 aromatic rings. The number of amides is 1. The fourth-order valence-electron chi connectivity index (χ4n) is 1.05. The molecular formula is C10H15N3O. The normalized spacial score (nSPS) is 11.1. The minimum Gasteiger partial charge on any atom is -0.351 e. The van der Waals surface area contributed by atoms with E-state index in [1.54, 1.807) is 18.6 Å². The maximum atomic E-state index is 11.4. The van der Waals surface area contributed by atoms with E-state index in [4.69, 9.17) is 0 Å². The van der Waals surface area contributed by atoms with E-state index in [0.29, 0.717) is 5.69 Å². The molecule has 0 radical (unpaired) electrons. The molecule has 1 aromatic heterocycles. The fraction of sp³-hybridized carbons (Fsp3) is 0.500. The summed E-state index contributed by atoms with van der Waals surface area (Å²) in [5.74, 6) is -0.0296. The predicted octanol–water partition coefficient (Wildman–Crippen LogP) is 0.934. The SMILES string of the molecule is CC(C)(C)NC(=O)Cc1cnccn1. The second kappa shape index (κ2) is 4.17. The van der Waals surface area contributed by atoms with Crippen molar-refractivity contribution < 1.29 is 4.79 Å². The topological polar surface area (TPSA) is 54.9 Å². The predicted molar refractivity (Wildman–Crippen MR) is 53.6 cm³/mol. The number of aromatic nitrogens is 2. The van der Waals surface area contributed by atoms with Gasteiger partial charge in [-0.15, -0.1) is 0 Å². The zero-order valence-electron chi connectivity index (χ0n) is 8.74. The summed E-state index contributed by atoms with van der Waals surface area (Å²) in [6.07, 6.45) is 5.05. The van der Waals surface area contributed by atoms with Crippen molar-refractivity contribution in [1.29, 1.82) is 0 Å². The summed E-state index contributed by atoms with van der Waals surface area (Å²) < 4.78 is 0. The molecule has 0 saturated heterocycles. The van der Waals surface area contributed by atoms with Crippen molar-refractivity contribution in [2.24, 2.45) is 0 Å². The molecule has 1 heterocycles. The standard InChI is InChI=1S/C10H15N3O/c1-10(2,3)13-9(14)6-8-7-11-4-5-12-8/h4-5,7H,6H2,1-3H3,(H,13,14). The lowest BCUT2D eigenvalue weighted by atomic mass is 10.1. The van der Waals surface area contributed by atoms with Crippen LogP contribution in [0.4, 0.5) is 0 Å². The number of hydrogen-bond acceptors (Lipinski definition) is 3. The number of nitrogens with zero attached hydrogens (tertiary/aromatic N) is 2.